The van der Waals surface area contributed by atoms with Crippen molar-refractivity contribution in [2.24, 2.45) is 5.92 Å². The molecule has 30 heavy (non-hydrogen) atoms. The second-order valence-electron chi connectivity index (χ2n) is 8.58. The number of nitrogens with one attached hydrogen (secondary N) is 2. The number of hydrogen-bond acceptors (Lipinski definition) is 3. The monoisotopic (exact) mass is 416 g/mol. The van der Waals surface area contributed by atoms with E-state index in [0.29, 0.717) is 30.2 Å². The van der Waals surface area contributed by atoms with Crippen molar-refractivity contribution in [3.05, 3.63) is 59.4 Å². The summed E-state index contributed by atoms with van der Waals surface area (Å²) in [5, 5.41) is 13.5. The first-order valence-corrected chi connectivity index (χ1v) is 10.2. The van der Waals surface area contributed by atoms with E-state index in [4.69, 9.17) is 4.74 Å². The molecule has 1 saturated heterocycles. The molecule has 2 heterocycles. The Morgan fingerprint density at radius 1 is 1.07 bits per heavy atom. The zero-order valence-corrected chi connectivity index (χ0v) is 16.4. The minimum Gasteiger partial charge on any atom is -0.394 e. The Hall–Kier alpha value is -2.35. The molecular weight excluding hydrogens is 393 g/mol. The second kappa shape index (κ2) is 7.41. The molecule has 5 rings (SSSR count). The summed E-state index contributed by atoms with van der Waals surface area (Å²) < 4.78 is 47.0. The van der Waals surface area contributed by atoms with Gasteiger partial charge in [-0.25, -0.2) is 13.2 Å². The van der Waals surface area contributed by atoms with E-state index in [0.717, 1.165) is 36.6 Å². The van der Waals surface area contributed by atoms with Gasteiger partial charge in [0.15, 0.2) is 0 Å². The van der Waals surface area contributed by atoms with Crippen molar-refractivity contribution in [1.29, 1.82) is 0 Å². The minimum atomic E-state index is -0.632. The molecule has 1 aromatic heterocycles. The average Bonchev–Trinajstić information content (AvgIpc) is 3.02. The molecular formula is C23H23F3N2O2. The van der Waals surface area contributed by atoms with E-state index in [2.05, 4.69) is 10.3 Å². The third-order valence-electron chi connectivity index (χ3n) is 6.47. The van der Waals surface area contributed by atoms with E-state index < -0.39 is 11.6 Å². The molecule has 2 aromatic carbocycles. The van der Waals surface area contributed by atoms with E-state index in [1.165, 1.54) is 18.2 Å². The molecule has 0 atom stereocenters. The summed E-state index contributed by atoms with van der Waals surface area (Å²) in [4.78, 5) is 3.11. The molecule has 0 radical (unpaired) electrons. The summed E-state index contributed by atoms with van der Waals surface area (Å²) in [6, 6.07) is 8.28. The van der Waals surface area contributed by atoms with Crippen LogP contribution in [0.5, 0.6) is 0 Å². The van der Waals surface area contributed by atoms with Gasteiger partial charge in [-0.15, -0.1) is 0 Å². The van der Waals surface area contributed by atoms with Crippen molar-refractivity contribution in [1.82, 2.24) is 10.3 Å². The highest BCUT2D eigenvalue weighted by Gasteiger charge is 2.40. The van der Waals surface area contributed by atoms with Crippen LogP contribution in [0.3, 0.4) is 0 Å². The molecule has 0 amide bonds. The number of fused-ring (bicyclic) bond motifs is 1. The topological polar surface area (TPSA) is 57.3 Å². The summed E-state index contributed by atoms with van der Waals surface area (Å²) in [5.74, 6) is -1.04. The lowest BCUT2D eigenvalue weighted by Crippen LogP contribution is -2.64. The van der Waals surface area contributed by atoms with Gasteiger partial charge in [0.05, 0.1) is 36.6 Å². The van der Waals surface area contributed by atoms with Crippen molar-refractivity contribution in [2.45, 2.75) is 24.3 Å². The van der Waals surface area contributed by atoms with E-state index in [-0.39, 0.29) is 29.4 Å². The van der Waals surface area contributed by atoms with Crippen molar-refractivity contribution >= 4 is 10.9 Å². The van der Waals surface area contributed by atoms with Gasteiger partial charge in [-0.3, -0.25) is 0 Å². The lowest BCUT2D eigenvalue weighted by atomic mass is 9.70. The van der Waals surface area contributed by atoms with Crippen molar-refractivity contribution in [3.63, 3.8) is 0 Å². The summed E-state index contributed by atoms with van der Waals surface area (Å²) in [5.41, 5.74) is 2.28. The van der Waals surface area contributed by atoms with Crippen molar-refractivity contribution in [2.75, 3.05) is 26.4 Å². The fourth-order valence-corrected chi connectivity index (χ4v) is 4.60. The van der Waals surface area contributed by atoms with Gasteiger partial charge in [0, 0.05) is 11.5 Å². The predicted octanol–water partition coefficient (Wildman–Crippen LogP) is 4.10. The maximum atomic E-state index is 14.4. The molecule has 2 aliphatic rings. The SMILES string of the molecule is OCC1(NCC2CC(c3c(-c4ccc(F)cc4)[nH]c4c(F)cc(F)cc34)C2)COC1. The lowest BCUT2D eigenvalue weighted by molar-refractivity contribution is -0.0996. The Morgan fingerprint density at radius 3 is 2.43 bits per heavy atom. The van der Waals surface area contributed by atoms with Crippen LogP contribution in [0.2, 0.25) is 0 Å². The summed E-state index contributed by atoms with van der Waals surface area (Å²) >= 11 is 0. The van der Waals surface area contributed by atoms with E-state index in [9.17, 15) is 18.3 Å². The van der Waals surface area contributed by atoms with Gasteiger partial charge in [-0.1, -0.05) is 0 Å². The number of H-pyrrole nitrogens is 1. The van der Waals surface area contributed by atoms with Gasteiger partial charge in [-0.05, 0) is 72.7 Å². The van der Waals surface area contributed by atoms with Crippen LogP contribution in [0.4, 0.5) is 13.2 Å². The Labute approximate surface area is 172 Å². The van der Waals surface area contributed by atoms with Crippen LogP contribution < -0.4 is 5.32 Å². The predicted molar refractivity (Wildman–Crippen MR) is 108 cm³/mol. The fraction of sp³-hybridized carbons (Fsp3) is 0.391. The number of benzene rings is 2. The van der Waals surface area contributed by atoms with Gasteiger partial charge in [-0.2, -0.15) is 0 Å². The van der Waals surface area contributed by atoms with E-state index >= 15 is 0 Å². The van der Waals surface area contributed by atoms with Crippen LogP contribution in [0.15, 0.2) is 36.4 Å². The van der Waals surface area contributed by atoms with Crippen LogP contribution in [0.1, 0.15) is 24.3 Å². The molecule has 0 bridgehead atoms. The molecule has 0 spiro atoms. The van der Waals surface area contributed by atoms with Crippen molar-refractivity contribution in [3.8, 4) is 11.3 Å². The highest BCUT2D eigenvalue weighted by molar-refractivity contribution is 5.92. The molecule has 4 nitrogen and oxygen atoms in total. The van der Waals surface area contributed by atoms with Crippen LogP contribution in [0.25, 0.3) is 22.2 Å². The highest BCUT2D eigenvalue weighted by atomic mass is 19.1. The first kappa shape index (κ1) is 19.6. The Kier molecular flexibility index (Phi) is 4.84. The minimum absolute atomic E-state index is 0.0405. The summed E-state index contributed by atoms with van der Waals surface area (Å²) in [7, 11) is 0. The maximum Gasteiger partial charge on any atom is 0.150 e. The van der Waals surface area contributed by atoms with Gasteiger partial charge >= 0.3 is 0 Å². The Balaban J connectivity index is 1.43. The highest BCUT2D eigenvalue weighted by Crippen LogP contribution is 2.48. The number of aromatic amines is 1. The van der Waals surface area contributed by atoms with Crippen LogP contribution in [-0.4, -0.2) is 42.0 Å². The largest absolute Gasteiger partial charge is 0.394 e. The van der Waals surface area contributed by atoms with Gasteiger partial charge in [0.25, 0.3) is 0 Å². The number of ether oxygens (including phenoxy) is 1. The fourth-order valence-electron chi connectivity index (χ4n) is 4.60. The molecule has 7 heteroatoms. The normalized spacial score (nSPS) is 22.7. The zero-order valence-electron chi connectivity index (χ0n) is 16.4. The molecule has 0 unspecified atom stereocenters. The van der Waals surface area contributed by atoms with Crippen LogP contribution in [-0.2, 0) is 4.74 Å². The number of hydrogen-bond donors (Lipinski definition) is 3. The van der Waals surface area contributed by atoms with E-state index in [1.807, 2.05) is 0 Å². The van der Waals surface area contributed by atoms with Gasteiger partial charge in [0.2, 0.25) is 0 Å². The lowest BCUT2D eigenvalue weighted by Gasteiger charge is -2.44. The Morgan fingerprint density at radius 2 is 1.80 bits per heavy atom. The molecule has 2 fully saturated rings. The molecule has 1 aliphatic carbocycles. The number of aliphatic hydroxyl groups is 1. The second-order valence-corrected chi connectivity index (χ2v) is 8.58. The third kappa shape index (κ3) is 3.31. The molecule has 158 valence electrons. The van der Waals surface area contributed by atoms with Gasteiger partial charge < -0.3 is 20.1 Å². The number of aliphatic hydroxyl groups excluding tert-OH is 1. The zero-order chi connectivity index (χ0) is 20.9. The first-order chi connectivity index (χ1) is 14.5. The van der Waals surface area contributed by atoms with E-state index in [1.54, 1.807) is 12.1 Å². The number of rotatable bonds is 6. The van der Waals surface area contributed by atoms with Crippen molar-refractivity contribution < 1.29 is 23.0 Å². The maximum absolute atomic E-state index is 14.4. The van der Waals surface area contributed by atoms with Crippen LogP contribution in [0, 0.1) is 23.4 Å². The van der Waals surface area contributed by atoms with Gasteiger partial charge in [0.1, 0.15) is 17.5 Å². The average molecular weight is 416 g/mol. The standard InChI is InChI=1S/C23H23F3N2O2/c24-16-3-1-14(2-4-16)21-20(18-7-17(25)8-19(26)22(18)28-21)15-5-13(6-15)9-27-23(10-29)11-30-12-23/h1-4,7-8,13,15,27-29H,5-6,9-12H2. The molecule has 3 N–H and O–H groups in total. The molecule has 1 aliphatic heterocycles. The summed E-state index contributed by atoms with van der Waals surface area (Å²) in [6.07, 6.45) is 1.74. The Bertz CT molecular complexity index is 1060. The smallest absolute Gasteiger partial charge is 0.150 e. The first-order valence-electron chi connectivity index (χ1n) is 10.2. The quantitative estimate of drug-likeness (QED) is 0.567. The number of halogens is 3. The summed E-state index contributed by atoms with van der Waals surface area (Å²) in [6.45, 7) is 1.82. The van der Waals surface area contributed by atoms with Crippen LogP contribution >= 0.6 is 0 Å². The molecule has 3 aromatic rings. The number of aromatic nitrogens is 1. The third-order valence-corrected chi connectivity index (χ3v) is 6.47. The molecule has 1 saturated carbocycles.